The van der Waals surface area contributed by atoms with Gasteiger partial charge in [0.15, 0.2) is 0 Å². The van der Waals surface area contributed by atoms with Gasteiger partial charge in [0.05, 0.1) is 59.2 Å². The summed E-state index contributed by atoms with van der Waals surface area (Å²) in [6.45, 7) is 1.57. The van der Waals surface area contributed by atoms with Crippen LogP contribution in [0.15, 0.2) is 36.5 Å². The van der Waals surface area contributed by atoms with Crippen molar-refractivity contribution in [3.05, 3.63) is 47.4 Å². The van der Waals surface area contributed by atoms with Crippen molar-refractivity contribution in [2.24, 2.45) is 11.8 Å². The Morgan fingerprint density at radius 1 is 1.00 bits per heavy atom. The molecule has 5 rings (SSSR count). The maximum atomic E-state index is 13.8. The molecule has 2 aliphatic rings. The van der Waals surface area contributed by atoms with Gasteiger partial charge in [0, 0.05) is 43.1 Å². The Bertz CT molecular complexity index is 1390. The lowest BCUT2D eigenvalue weighted by atomic mass is 9.18. The smallest absolute Gasteiger partial charge is 0.321 e. The largest absolute Gasteiger partial charge is 0.481 e. The van der Waals surface area contributed by atoms with Gasteiger partial charge in [0.25, 0.3) is 0 Å². The molecule has 3 aromatic rings. The van der Waals surface area contributed by atoms with Crippen LogP contribution in [0.5, 0.6) is 17.6 Å². The van der Waals surface area contributed by atoms with Crippen LogP contribution in [0.3, 0.4) is 0 Å². The first-order valence-corrected chi connectivity index (χ1v) is 13.2. The van der Waals surface area contributed by atoms with Crippen LogP contribution in [0, 0.1) is 17.7 Å². The van der Waals surface area contributed by atoms with Crippen molar-refractivity contribution < 1.29 is 13.9 Å². The third kappa shape index (κ3) is 5.60. The third-order valence-corrected chi connectivity index (χ3v) is 8.04. The Kier molecular flexibility index (Phi) is 7.94. The molecule has 1 unspecified atom stereocenters. The van der Waals surface area contributed by atoms with Gasteiger partial charge in [0.1, 0.15) is 19.4 Å². The van der Waals surface area contributed by atoms with Crippen LogP contribution in [0.25, 0.3) is 0 Å². The molecular weight excluding hydrogens is 534 g/mol. The fourth-order valence-electron chi connectivity index (χ4n) is 5.57. The highest BCUT2D eigenvalue weighted by atomic mass is 35.5. The number of anilines is 2. The van der Waals surface area contributed by atoms with Crippen molar-refractivity contribution in [1.29, 1.82) is 0 Å². The number of nitrogens with zero attached hydrogens (tertiary/aromatic N) is 5. The average molecular weight is 556 g/mol. The van der Waals surface area contributed by atoms with Crippen molar-refractivity contribution in [2.45, 2.75) is 34.5 Å². The number of benzene rings is 1. The summed E-state index contributed by atoms with van der Waals surface area (Å²) in [5.41, 5.74) is -1.29. The molecule has 3 atom stereocenters. The molecule has 1 aromatic carbocycles. The van der Waals surface area contributed by atoms with Crippen LogP contribution in [-0.4, -0.2) is 101 Å². The molecule has 2 bridgehead atoms. The topological polar surface area (TPSA) is 77.3 Å². The van der Waals surface area contributed by atoms with E-state index in [1.165, 1.54) is 12.1 Å². The van der Waals surface area contributed by atoms with Gasteiger partial charge >= 0.3 is 6.01 Å². The van der Waals surface area contributed by atoms with E-state index in [0.29, 0.717) is 5.88 Å². The van der Waals surface area contributed by atoms with E-state index in [1.54, 1.807) is 13.3 Å². The maximum absolute atomic E-state index is 13.8. The highest BCUT2D eigenvalue weighted by Crippen LogP contribution is 2.48. The fraction of sp³-hybridized carbons (Fsp3) is 0.458. The summed E-state index contributed by atoms with van der Waals surface area (Å²) in [6, 6.07) is 7.33. The van der Waals surface area contributed by atoms with Gasteiger partial charge in [-0.2, -0.15) is 4.98 Å². The lowest BCUT2D eigenvalue weighted by Gasteiger charge is -2.54. The standard InChI is InChI=1S/C24H21B7ClFN6O2/c1-40-18-8-14(6-7-34-18)38-10-12-2-3-13(11-38)19(12)35-20-36-21(41-15-4-5-17(33)16(32)9-15)39(37-20)22(25,23(26,27)28)24(29,30)31/h4-9,12-13,19H,2-3,10-11H2,1H3,(H,35,37)/t12-,13+,19?. The minimum absolute atomic E-state index is 0.0166. The molecule has 1 saturated carbocycles. The minimum atomic E-state index is -2.32. The van der Waals surface area contributed by atoms with Crippen LogP contribution < -0.4 is 19.7 Å². The number of hydrogen-bond acceptors (Lipinski definition) is 7. The van der Waals surface area contributed by atoms with Crippen LogP contribution in [0.1, 0.15) is 12.8 Å². The molecular formula is C24H21B7ClFN6O2. The molecule has 194 valence electrons. The summed E-state index contributed by atoms with van der Waals surface area (Å²) in [4.78, 5) is 11.0. The number of hydrogen-bond donors (Lipinski definition) is 1. The number of rotatable bonds is 9. The van der Waals surface area contributed by atoms with E-state index in [9.17, 15) is 4.39 Å². The van der Waals surface area contributed by atoms with E-state index in [2.05, 4.69) is 25.3 Å². The Morgan fingerprint density at radius 3 is 2.24 bits per heavy atom. The Hall–Kier alpha value is -2.62. The van der Waals surface area contributed by atoms with Crippen LogP contribution >= 0.6 is 11.6 Å². The Balaban J connectivity index is 1.46. The molecule has 0 spiro atoms. The summed E-state index contributed by atoms with van der Waals surface area (Å²) in [5.74, 6) is 0.663. The zero-order valence-electron chi connectivity index (χ0n) is 22.4. The third-order valence-electron chi connectivity index (χ3n) is 7.75. The quantitative estimate of drug-likeness (QED) is 0.402. The second kappa shape index (κ2) is 10.9. The van der Waals surface area contributed by atoms with Crippen LogP contribution in [0.2, 0.25) is 15.2 Å². The summed E-state index contributed by atoms with van der Waals surface area (Å²) in [7, 11) is 44.2. The number of aromatic nitrogens is 4. The summed E-state index contributed by atoms with van der Waals surface area (Å²) < 4.78 is 25.9. The first-order valence-electron chi connectivity index (χ1n) is 12.9. The zero-order chi connectivity index (χ0) is 29.7. The second-order valence-corrected chi connectivity index (χ2v) is 11.1. The van der Waals surface area contributed by atoms with Gasteiger partial charge < -0.3 is 19.7 Å². The highest BCUT2D eigenvalue weighted by Gasteiger charge is 2.48. The van der Waals surface area contributed by atoms with Crippen LogP contribution in [0.4, 0.5) is 16.0 Å². The van der Waals surface area contributed by atoms with E-state index in [4.69, 9.17) is 76.0 Å². The molecule has 3 heterocycles. The predicted molar refractivity (Wildman–Crippen MR) is 162 cm³/mol. The predicted octanol–water partition coefficient (Wildman–Crippen LogP) is 1.57. The molecule has 1 N–H and O–H groups in total. The number of halogens is 2. The number of piperidine rings is 1. The number of pyridine rings is 1. The summed E-state index contributed by atoms with van der Waals surface area (Å²) in [5, 5.41) is 3.08. The molecule has 8 nitrogen and oxygen atoms in total. The zero-order valence-corrected chi connectivity index (χ0v) is 23.1. The van der Waals surface area contributed by atoms with Crippen molar-refractivity contribution >= 4 is 78.2 Å². The van der Waals surface area contributed by atoms with Crippen molar-refractivity contribution in [2.75, 3.05) is 30.4 Å². The number of nitrogens with one attached hydrogen (secondary N) is 1. The van der Waals surface area contributed by atoms with Gasteiger partial charge in [-0.3, -0.25) is 0 Å². The van der Waals surface area contributed by atoms with Crippen molar-refractivity contribution in [3.63, 3.8) is 0 Å². The molecule has 2 fully saturated rings. The summed E-state index contributed by atoms with van der Waals surface area (Å²) >= 11 is 5.93. The average Bonchev–Trinajstić information content (AvgIpc) is 3.39. The van der Waals surface area contributed by atoms with Gasteiger partial charge in [-0.15, -0.1) is 15.3 Å². The lowest BCUT2D eigenvalue weighted by Crippen LogP contribution is -2.57. The number of ether oxygens (including phenoxy) is 2. The van der Waals surface area contributed by atoms with Gasteiger partial charge in [0.2, 0.25) is 11.8 Å². The van der Waals surface area contributed by atoms with E-state index >= 15 is 0 Å². The fourth-order valence-corrected chi connectivity index (χ4v) is 5.74. The molecule has 17 heteroatoms. The lowest BCUT2D eigenvalue weighted by molar-refractivity contribution is 0.317. The number of fused-ring (bicyclic) bond motifs is 2. The molecule has 0 amide bonds. The molecule has 1 aliphatic carbocycles. The minimum Gasteiger partial charge on any atom is -0.481 e. The van der Waals surface area contributed by atoms with Crippen LogP contribution in [-0.2, 0) is 5.44 Å². The van der Waals surface area contributed by atoms with Crippen molar-refractivity contribution in [3.8, 4) is 17.6 Å². The second-order valence-electron chi connectivity index (χ2n) is 10.7. The highest BCUT2D eigenvalue weighted by molar-refractivity contribution is 6.68. The molecule has 1 aliphatic heterocycles. The Labute approximate surface area is 253 Å². The molecule has 41 heavy (non-hydrogen) atoms. The van der Waals surface area contributed by atoms with Gasteiger partial charge in [-0.05, 0) is 48.3 Å². The normalized spacial score (nSPS) is 21.0. The van der Waals surface area contributed by atoms with E-state index in [1.807, 2.05) is 12.1 Å². The molecule has 14 radical (unpaired) electrons. The van der Waals surface area contributed by atoms with E-state index < -0.39 is 21.5 Å². The summed E-state index contributed by atoms with van der Waals surface area (Å²) in [6.07, 6.45) is 3.72. The molecule has 2 aromatic heterocycles. The van der Waals surface area contributed by atoms with E-state index in [-0.39, 0.29) is 40.6 Å². The molecule has 1 saturated heterocycles. The maximum Gasteiger partial charge on any atom is 0.321 e. The first-order chi connectivity index (χ1) is 19.2. The number of methoxy groups -OCH3 is 1. The van der Waals surface area contributed by atoms with Gasteiger partial charge in [-0.1, -0.05) is 11.6 Å². The monoisotopic (exact) mass is 556 g/mol. The first kappa shape index (κ1) is 29.9. The van der Waals surface area contributed by atoms with Gasteiger partial charge in [-0.25, -0.2) is 14.1 Å². The van der Waals surface area contributed by atoms with Crippen molar-refractivity contribution in [1.82, 2.24) is 19.7 Å². The SMILES string of the molecule is [B]C([B])([B])C([B])(n1nc(NC2[C@@H]3CC[C@H]2CN(c2ccnc(OC)c2)C3)nc1Oc1ccc(F)c(Cl)c1)C([B])([B])[B]. The Morgan fingerprint density at radius 2 is 1.66 bits per heavy atom. The van der Waals surface area contributed by atoms with E-state index in [0.717, 1.165) is 42.4 Å².